The van der Waals surface area contributed by atoms with Crippen LogP contribution in [0.25, 0.3) is 0 Å². The number of carbonyl (C=O) groups is 2. The van der Waals surface area contributed by atoms with Gasteiger partial charge in [0.05, 0.1) is 17.8 Å². The van der Waals surface area contributed by atoms with E-state index in [1.54, 1.807) is 23.1 Å². The van der Waals surface area contributed by atoms with E-state index in [0.717, 1.165) is 18.9 Å². The summed E-state index contributed by atoms with van der Waals surface area (Å²) in [5, 5.41) is 9.14. The molecule has 10 heteroatoms. The number of nitrogens with one attached hydrogen (secondary N) is 3. The van der Waals surface area contributed by atoms with Crippen molar-refractivity contribution in [2.45, 2.75) is 57.9 Å². The Bertz CT molecular complexity index is 1130. The van der Waals surface area contributed by atoms with Crippen molar-refractivity contribution in [1.29, 1.82) is 0 Å². The number of ether oxygens (including phenoxy) is 1. The van der Waals surface area contributed by atoms with Gasteiger partial charge in [0, 0.05) is 19.1 Å². The van der Waals surface area contributed by atoms with Gasteiger partial charge in [0.25, 0.3) is 5.91 Å². The minimum Gasteiger partial charge on any atom is -0.491 e. The molecule has 1 aliphatic heterocycles. The topological polar surface area (TPSA) is 82.7 Å². The van der Waals surface area contributed by atoms with Crippen LogP contribution in [0.15, 0.2) is 42.5 Å². The zero-order valence-corrected chi connectivity index (χ0v) is 21.7. The maximum absolute atomic E-state index is 13.5. The lowest BCUT2D eigenvalue weighted by atomic mass is 10.1. The maximum Gasteiger partial charge on any atom is 0.416 e. The van der Waals surface area contributed by atoms with Crippen LogP contribution in [0.5, 0.6) is 5.75 Å². The number of nitrogens with zero attached hydrogens (tertiary/aromatic N) is 1. The first-order valence-corrected chi connectivity index (χ1v) is 13.1. The van der Waals surface area contributed by atoms with Crippen molar-refractivity contribution in [2.24, 2.45) is 5.92 Å². The van der Waals surface area contributed by atoms with Crippen molar-refractivity contribution in [3.8, 4) is 5.75 Å². The van der Waals surface area contributed by atoms with E-state index in [9.17, 15) is 22.8 Å². The molecular weight excluding hydrogens is 497 g/mol. The Morgan fingerprint density at radius 1 is 1.13 bits per heavy atom. The van der Waals surface area contributed by atoms with Crippen molar-refractivity contribution in [2.75, 3.05) is 31.6 Å². The van der Waals surface area contributed by atoms with E-state index in [1.165, 1.54) is 18.2 Å². The summed E-state index contributed by atoms with van der Waals surface area (Å²) in [6.45, 7) is 5.75. The smallest absolute Gasteiger partial charge is 0.416 e. The monoisotopic (exact) mass is 532 g/mol. The van der Waals surface area contributed by atoms with Crippen molar-refractivity contribution in [3.63, 3.8) is 0 Å². The zero-order valence-electron chi connectivity index (χ0n) is 21.7. The van der Waals surface area contributed by atoms with Gasteiger partial charge in [-0.3, -0.25) is 9.59 Å². The van der Waals surface area contributed by atoms with Gasteiger partial charge >= 0.3 is 6.18 Å². The van der Waals surface area contributed by atoms with E-state index < -0.39 is 23.7 Å². The highest BCUT2D eigenvalue weighted by atomic mass is 19.4. The molecule has 0 radical (unpaired) electrons. The van der Waals surface area contributed by atoms with Crippen LogP contribution in [0.1, 0.15) is 54.6 Å². The van der Waals surface area contributed by atoms with E-state index in [0.29, 0.717) is 55.6 Å². The highest BCUT2D eigenvalue weighted by molar-refractivity contribution is 6.03. The van der Waals surface area contributed by atoms with E-state index in [4.69, 9.17) is 4.74 Å². The molecule has 2 aliphatic rings. The third kappa shape index (κ3) is 7.18. The molecule has 2 aromatic rings. The normalized spacial score (nSPS) is 16.5. The molecule has 1 saturated carbocycles. The molecule has 2 amide bonds. The molecule has 206 valence electrons. The van der Waals surface area contributed by atoms with Crippen molar-refractivity contribution >= 4 is 17.5 Å². The summed E-state index contributed by atoms with van der Waals surface area (Å²) < 4.78 is 46.1. The zero-order chi connectivity index (χ0) is 27.3. The first kappa shape index (κ1) is 27.8. The Kier molecular flexibility index (Phi) is 8.81. The Morgan fingerprint density at radius 2 is 1.89 bits per heavy atom. The first-order valence-electron chi connectivity index (χ1n) is 13.1. The predicted molar refractivity (Wildman–Crippen MR) is 139 cm³/mol. The standard InChI is InChI=1S/C28H35F3N4O3/c1-18(2)32-13-12-23(26(36)33-16-20-6-3-4-7-21(20)28(29,30)31)34-22-8-5-9-24-25(22)27(37)35(14-15-38-24)17-19-10-11-19/h3-9,18-19,23,32,34H,10-17H2,1-2H3,(H,33,36). The van der Waals surface area contributed by atoms with Gasteiger partial charge in [0.15, 0.2) is 0 Å². The van der Waals surface area contributed by atoms with Gasteiger partial charge < -0.3 is 25.6 Å². The average molecular weight is 533 g/mol. The van der Waals surface area contributed by atoms with Crippen molar-refractivity contribution in [3.05, 3.63) is 59.2 Å². The lowest BCUT2D eigenvalue weighted by molar-refractivity contribution is -0.138. The number of amides is 2. The van der Waals surface area contributed by atoms with Gasteiger partial charge in [-0.05, 0) is 55.5 Å². The van der Waals surface area contributed by atoms with Crippen LogP contribution in [-0.4, -0.2) is 55.0 Å². The number of halogens is 3. The number of benzene rings is 2. The number of alkyl halides is 3. The summed E-state index contributed by atoms with van der Waals surface area (Å²) in [5.74, 6) is 0.366. The summed E-state index contributed by atoms with van der Waals surface area (Å²) in [6.07, 6.45) is -1.94. The average Bonchev–Trinajstić information content (AvgIpc) is 3.70. The van der Waals surface area contributed by atoms with Gasteiger partial charge in [-0.1, -0.05) is 38.1 Å². The Morgan fingerprint density at radius 3 is 2.61 bits per heavy atom. The summed E-state index contributed by atoms with van der Waals surface area (Å²) in [7, 11) is 0. The maximum atomic E-state index is 13.5. The Balaban J connectivity index is 1.54. The van der Waals surface area contributed by atoms with E-state index in [-0.39, 0.29) is 24.1 Å². The second kappa shape index (κ2) is 12.1. The number of hydrogen-bond acceptors (Lipinski definition) is 5. The van der Waals surface area contributed by atoms with Crippen molar-refractivity contribution < 1.29 is 27.5 Å². The van der Waals surface area contributed by atoms with Gasteiger partial charge in [-0.2, -0.15) is 13.2 Å². The largest absolute Gasteiger partial charge is 0.491 e. The van der Waals surface area contributed by atoms with E-state index in [2.05, 4.69) is 16.0 Å². The molecule has 4 rings (SSSR count). The third-order valence-electron chi connectivity index (χ3n) is 6.73. The highest BCUT2D eigenvalue weighted by Crippen LogP contribution is 2.35. The quantitative estimate of drug-likeness (QED) is 0.399. The number of anilines is 1. The summed E-state index contributed by atoms with van der Waals surface area (Å²) in [6, 6.07) is 9.81. The number of carbonyl (C=O) groups excluding carboxylic acids is 2. The van der Waals surface area contributed by atoms with Crippen LogP contribution in [0.3, 0.4) is 0 Å². The van der Waals surface area contributed by atoms with Crippen LogP contribution in [0, 0.1) is 5.92 Å². The second-order valence-corrected chi connectivity index (χ2v) is 10.2. The number of fused-ring (bicyclic) bond motifs is 1. The molecule has 1 aliphatic carbocycles. The molecule has 1 fully saturated rings. The molecule has 2 aromatic carbocycles. The molecule has 38 heavy (non-hydrogen) atoms. The third-order valence-corrected chi connectivity index (χ3v) is 6.73. The Hall–Kier alpha value is -3.27. The molecule has 0 bridgehead atoms. The number of hydrogen-bond donors (Lipinski definition) is 3. The summed E-state index contributed by atoms with van der Waals surface area (Å²) >= 11 is 0. The molecule has 0 aromatic heterocycles. The van der Waals surface area contributed by atoms with Gasteiger partial charge in [0.1, 0.15) is 24.0 Å². The fourth-order valence-corrected chi connectivity index (χ4v) is 4.53. The lowest BCUT2D eigenvalue weighted by Crippen LogP contribution is -2.42. The van der Waals surface area contributed by atoms with Gasteiger partial charge in [-0.25, -0.2) is 0 Å². The second-order valence-electron chi connectivity index (χ2n) is 10.2. The van der Waals surface area contributed by atoms with E-state index in [1.807, 2.05) is 13.8 Å². The molecule has 0 spiro atoms. The van der Waals surface area contributed by atoms with Crippen LogP contribution in [0.2, 0.25) is 0 Å². The molecule has 0 saturated heterocycles. The summed E-state index contributed by atoms with van der Waals surface area (Å²) in [5.41, 5.74) is 0.0525. The van der Waals surface area contributed by atoms with Crippen molar-refractivity contribution in [1.82, 2.24) is 15.5 Å². The lowest BCUT2D eigenvalue weighted by Gasteiger charge is -2.24. The molecule has 3 N–H and O–H groups in total. The SMILES string of the molecule is CC(C)NCCC(Nc1cccc2c1C(=O)N(CC1CC1)CCO2)C(=O)NCc1ccccc1C(F)(F)F. The van der Waals surface area contributed by atoms with Crippen LogP contribution >= 0.6 is 0 Å². The molecule has 1 atom stereocenters. The van der Waals surface area contributed by atoms with E-state index >= 15 is 0 Å². The predicted octanol–water partition coefficient (Wildman–Crippen LogP) is 4.44. The molecule has 7 nitrogen and oxygen atoms in total. The highest BCUT2D eigenvalue weighted by Gasteiger charge is 2.34. The van der Waals surface area contributed by atoms with Gasteiger partial charge in [-0.15, -0.1) is 0 Å². The fourth-order valence-electron chi connectivity index (χ4n) is 4.53. The van der Waals surface area contributed by atoms with Crippen LogP contribution in [0.4, 0.5) is 18.9 Å². The molecule has 1 heterocycles. The number of rotatable bonds is 11. The van der Waals surface area contributed by atoms with Crippen LogP contribution in [-0.2, 0) is 17.5 Å². The molecule has 1 unspecified atom stereocenters. The molecular formula is C28H35F3N4O3. The fraction of sp³-hybridized carbons (Fsp3) is 0.500. The minimum absolute atomic E-state index is 0.0136. The first-order chi connectivity index (χ1) is 18.1. The van der Waals surface area contributed by atoms with Gasteiger partial charge in [0.2, 0.25) is 5.91 Å². The van der Waals surface area contributed by atoms with Crippen LogP contribution < -0.4 is 20.7 Å². The minimum atomic E-state index is -4.52. The summed E-state index contributed by atoms with van der Waals surface area (Å²) in [4.78, 5) is 28.6. The Labute approximate surface area is 221 Å².